The summed E-state index contributed by atoms with van der Waals surface area (Å²) in [5.41, 5.74) is 10.9. The molecule has 3 heterocycles. The van der Waals surface area contributed by atoms with Crippen molar-refractivity contribution in [1.29, 1.82) is 0 Å². The van der Waals surface area contributed by atoms with Gasteiger partial charge >= 0.3 is 0 Å². The van der Waals surface area contributed by atoms with Crippen molar-refractivity contribution in [3.8, 4) is 28.2 Å². The number of imidazole rings is 2. The Balaban J connectivity index is 1.21. The minimum absolute atomic E-state index is 0.938. The molecule has 0 aliphatic carbocycles. The minimum Gasteiger partial charge on any atom is -0.292 e. The average molecular weight is 537 g/mol. The molecule has 9 aromatic rings. The summed E-state index contributed by atoms with van der Waals surface area (Å²) in [6, 6.07) is 51.3. The van der Waals surface area contributed by atoms with Gasteiger partial charge in [-0.1, -0.05) is 97.1 Å². The first-order chi connectivity index (χ1) is 20.8. The summed E-state index contributed by atoms with van der Waals surface area (Å²) >= 11 is 0. The maximum Gasteiger partial charge on any atom is 0.146 e. The van der Waals surface area contributed by atoms with Crippen LogP contribution in [0.1, 0.15) is 0 Å². The molecule has 0 saturated carbocycles. The van der Waals surface area contributed by atoms with Crippen LogP contribution >= 0.6 is 0 Å². The van der Waals surface area contributed by atoms with E-state index in [0.29, 0.717) is 0 Å². The zero-order chi connectivity index (χ0) is 27.6. The molecular weight excluding hydrogens is 512 g/mol. The second kappa shape index (κ2) is 8.88. The molecule has 9 rings (SSSR count). The largest absolute Gasteiger partial charge is 0.292 e. The van der Waals surface area contributed by atoms with Crippen LogP contribution in [0.15, 0.2) is 146 Å². The van der Waals surface area contributed by atoms with Crippen molar-refractivity contribution >= 4 is 49.4 Å². The molecule has 0 unspecified atom stereocenters. The van der Waals surface area contributed by atoms with E-state index in [-0.39, 0.29) is 0 Å². The summed E-state index contributed by atoms with van der Waals surface area (Å²) in [4.78, 5) is 10.1. The fraction of sp³-hybridized carbons (Fsp3) is 0. The van der Waals surface area contributed by atoms with E-state index in [2.05, 4.69) is 142 Å². The first kappa shape index (κ1) is 23.0. The first-order valence-corrected chi connectivity index (χ1v) is 14.2. The van der Waals surface area contributed by atoms with Gasteiger partial charge < -0.3 is 0 Å². The first-order valence-electron chi connectivity index (χ1n) is 14.2. The van der Waals surface area contributed by atoms with Crippen molar-refractivity contribution in [2.75, 3.05) is 0 Å². The van der Waals surface area contributed by atoms with Crippen LogP contribution in [-0.4, -0.2) is 18.9 Å². The van der Waals surface area contributed by atoms with E-state index in [4.69, 9.17) is 9.97 Å². The molecule has 0 bridgehead atoms. The number of para-hydroxylation sites is 5. The maximum absolute atomic E-state index is 5.04. The Labute approximate surface area is 241 Å². The molecular formula is C38H24N4. The molecule has 0 atom stereocenters. The van der Waals surface area contributed by atoms with Gasteiger partial charge in [-0.3, -0.25) is 8.97 Å². The lowest BCUT2D eigenvalue weighted by molar-refractivity contribution is 1.10. The van der Waals surface area contributed by atoms with Crippen LogP contribution in [0.25, 0.3) is 77.6 Å². The zero-order valence-electron chi connectivity index (χ0n) is 22.6. The van der Waals surface area contributed by atoms with Crippen LogP contribution in [0.2, 0.25) is 0 Å². The summed E-state index contributed by atoms with van der Waals surface area (Å²) in [6.45, 7) is 0. The average Bonchev–Trinajstić information content (AvgIpc) is 3.65. The molecule has 42 heavy (non-hydrogen) atoms. The number of hydrogen-bond acceptors (Lipinski definition) is 2. The zero-order valence-corrected chi connectivity index (χ0v) is 22.6. The third-order valence-corrected chi connectivity index (χ3v) is 8.31. The smallest absolute Gasteiger partial charge is 0.146 e. The third kappa shape index (κ3) is 3.36. The van der Waals surface area contributed by atoms with Gasteiger partial charge in [0.2, 0.25) is 0 Å². The van der Waals surface area contributed by atoms with Gasteiger partial charge in [0.15, 0.2) is 0 Å². The predicted octanol–water partition coefficient (Wildman–Crippen LogP) is 9.47. The standard InChI is InChI=1S/C38H24N4/c1-2-10-28(11-3-1)41-35-16-8-6-14-32(35)39-37(41)26-20-18-25(19-21-26)27-22-23-34-31(24-27)29-12-4-5-13-30(29)38-40-33-15-7-9-17-36(33)42(34)38/h1-24H. The van der Waals surface area contributed by atoms with Gasteiger partial charge in [-0.25, -0.2) is 9.97 Å². The number of rotatable bonds is 3. The van der Waals surface area contributed by atoms with Crippen molar-refractivity contribution < 1.29 is 0 Å². The summed E-state index contributed by atoms with van der Waals surface area (Å²) in [7, 11) is 0. The molecule has 0 aliphatic rings. The Kier molecular flexibility index (Phi) is 4.87. The molecule has 0 saturated heterocycles. The highest BCUT2D eigenvalue weighted by Crippen LogP contribution is 2.36. The number of pyridine rings is 1. The highest BCUT2D eigenvalue weighted by Gasteiger charge is 2.16. The molecule has 0 spiro atoms. The fourth-order valence-corrected chi connectivity index (χ4v) is 6.36. The highest BCUT2D eigenvalue weighted by molar-refractivity contribution is 6.14. The molecule has 0 amide bonds. The van der Waals surface area contributed by atoms with E-state index in [1.54, 1.807) is 0 Å². The number of aromatic nitrogens is 4. The Bertz CT molecular complexity index is 2450. The summed E-state index contributed by atoms with van der Waals surface area (Å²) in [6.07, 6.45) is 0. The van der Waals surface area contributed by atoms with Crippen LogP contribution in [0.3, 0.4) is 0 Å². The van der Waals surface area contributed by atoms with Crippen molar-refractivity contribution in [1.82, 2.24) is 18.9 Å². The molecule has 0 radical (unpaired) electrons. The summed E-state index contributed by atoms with van der Waals surface area (Å²) in [5, 5.41) is 3.59. The van der Waals surface area contributed by atoms with Gasteiger partial charge in [-0.2, -0.15) is 0 Å². The third-order valence-electron chi connectivity index (χ3n) is 8.31. The van der Waals surface area contributed by atoms with E-state index in [9.17, 15) is 0 Å². The van der Waals surface area contributed by atoms with E-state index in [1.165, 1.54) is 21.9 Å². The van der Waals surface area contributed by atoms with Crippen LogP contribution in [0.4, 0.5) is 0 Å². The molecule has 4 heteroatoms. The van der Waals surface area contributed by atoms with Gasteiger partial charge in [0.05, 0.1) is 27.6 Å². The highest BCUT2D eigenvalue weighted by atomic mass is 15.1. The van der Waals surface area contributed by atoms with Crippen molar-refractivity contribution in [2.24, 2.45) is 0 Å². The van der Waals surface area contributed by atoms with E-state index < -0.39 is 0 Å². The molecule has 0 fully saturated rings. The van der Waals surface area contributed by atoms with Crippen molar-refractivity contribution in [3.63, 3.8) is 0 Å². The Morgan fingerprint density at radius 3 is 1.83 bits per heavy atom. The summed E-state index contributed by atoms with van der Waals surface area (Å²) in [5.74, 6) is 0.938. The second-order valence-corrected chi connectivity index (χ2v) is 10.7. The topological polar surface area (TPSA) is 35.1 Å². The summed E-state index contributed by atoms with van der Waals surface area (Å²) < 4.78 is 4.54. The normalized spacial score (nSPS) is 11.8. The minimum atomic E-state index is 0.938. The van der Waals surface area contributed by atoms with Crippen LogP contribution < -0.4 is 0 Å². The van der Waals surface area contributed by atoms with Crippen molar-refractivity contribution in [3.05, 3.63) is 146 Å². The van der Waals surface area contributed by atoms with Gasteiger partial charge in [0.1, 0.15) is 11.5 Å². The van der Waals surface area contributed by atoms with Crippen LogP contribution in [0, 0.1) is 0 Å². The molecule has 0 N–H and O–H groups in total. The van der Waals surface area contributed by atoms with Crippen LogP contribution in [-0.2, 0) is 0 Å². The molecule has 0 aliphatic heterocycles. The van der Waals surface area contributed by atoms with E-state index >= 15 is 0 Å². The Morgan fingerprint density at radius 1 is 0.405 bits per heavy atom. The molecule has 3 aromatic heterocycles. The second-order valence-electron chi connectivity index (χ2n) is 10.7. The number of hydrogen-bond donors (Lipinski definition) is 0. The quantitative estimate of drug-likeness (QED) is 0.211. The number of fused-ring (bicyclic) bond motifs is 9. The van der Waals surface area contributed by atoms with Crippen LogP contribution in [0.5, 0.6) is 0 Å². The SMILES string of the molecule is c1ccc(-n2c(-c3ccc(-c4ccc5c(c4)c4ccccc4c4nc6ccccc6n54)cc3)nc3ccccc32)cc1. The lowest BCUT2D eigenvalue weighted by Gasteiger charge is -2.12. The molecule has 6 aromatic carbocycles. The monoisotopic (exact) mass is 536 g/mol. The number of benzene rings is 6. The molecule has 196 valence electrons. The molecule has 4 nitrogen and oxygen atoms in total. The van der Waals surface area contributed by atoms with Gasteiger partial charge in [-0.05, 0) is 65.0 Å². The lowest BCUT2D eigenvalue weighted by Crippen LogP contribution is -1.97. The Morgan fingerprint density at radius 2 is 1.02 bits per heavy atom. The maximum atomic E-state index is 5.04. The fourth-order valence-electron chi connectivity index (χ4n) is 6.36. The number of nitrogens with zero attached hydrogens (tertiary/aromatic N) is 4. The van der Waals surface area contributed by atoms with E-state index in [1.807, 2.05) is 12.1 Å². The van der Waals surface area contributed by atoms with Crippen molar-refractivity contribution in [2.45, 2.75) is 0 Å². The van der Waals surface area contributed by atoms with Gasteiger partial charge in [-0.15, -0.1) is 0 Å². The Hall–Kier alpha value is -5.74. The van der Waals surface area contributed by atoms with Gasteiger partial charge in [0, 0.05) is 22.0 Å². The predicted molar refractivity (Wildman–Crippen MR) is 173 cm³/mol. The lowest BCUT2D eigenvalue weighted by atomic mass is 9.99. The van der Waals surface area contributed by atoms with Gasteiger partial charge in [0.25, 0.3) is 0 Å². The van der Waals surface area contributed by atoms with E-state index in [0.717, 1.165) is 55.7 Å².